The van der Waals surface area contributed by atoms with Crippen LogP contribution >= 0.6 is 11.3 Å². The van der Waals surface area contributed by atoms with Crippen molar-refractivity contribution in [1.29, 1.82) is 0 Å². The Morgan fingerprint density at radius 2 is 1.90 bits per heavy atom. The molecule has 3 heterocycles. The first-order chi connectivity index (χ1) is 14.9. The van der Waals surface area contributed by atoms with Gasteiger partial charge in [0.25, 0.3) is 5.91 Å². The number of benzene rings is 1. The van der Waals surface area contributed by atoms with Crippen molar-refractivity contribution in [1.82, 2.24) is 20.0 Å². The Balaban J connectivity index is 1.47. The number of amides is 1. The van der Waals surface area contributed by atoms with Crippen molar-refractivity contribution in [3.05, 3.63) is 52.0 Å². The van der Waals surface area contributed by atoms with Gasteiger partial charge in [0.15, 0.2) is 0 Å². The predicted octanol–water partition coefficient (Wildman–Crippen LogP) is 3.85. The Bertz CT molecular complexity index is 1030. The molecule has 31 heavy (non-hydrogen) atoms. The maximum Gasteiger partial charge on any atom is 0.261 e. The van der Waals surface area contributed by atoms with E-state index < -0.39 is 0 Å². The highest BCUT2D eigenvalue weighted by molar-refractivity contribution is 7.20. The van der Waals surface area contributed by atoms with Gasteiger partial charge in [-0.25, -0.2) is 0 Å². The lowest BCUT2D eigenvalue weighted by Crippen LogP contribution is -2.51. The number of hydrogen-bond donors (Lipinski definition) is 1. The number of nitrogens with zero attached hydrogens (tertiary/aromatic N) is 3. The van der Waals surface area contributed by atoms with Gasteiger partial charge in [-0.1, -0.05) is 43.7 Å². The molecule has 1 aliphatic heterocycles. The maximum atomic E-state index is 13.0. The molecule has 1 N–H and O–H groups in total. The highest BCUT2D eigenvalue weighted by atomic mass is 32.1. The highest BCUT2D eigenvalue weighted by Gasteiger charge is 2.25. The summed E-state index contributed by atoms with van der Waals surface area (Å²) in [5.41, 5.74) is 3.42. The van der Waals surface area contributed by atoms with Crippen LogP contribution < -0.4 is 5.32 Å². The molecule has 1 saturated heterocycles. The van der Waals surface area contributed by atoms with Crippen molar-refractivity contribution in [3.63, 3.8) is 0 Å². The summed E-state index contributed by atoms with van der Waals surface area (Å²) in [6, 6.07) is 10.8. The van der Waals surface area contributed by atoms with Crippen LogP contribution in [0, 0.1) is 19.8 Å². The largest absolute Gasteiger partial charge is 0.379 e. The van der Waals surface area contributed by atoms with Gasteiger partial charge in [-0.15, -0.1) is 11.3 Å². The smallest absolute Gasteiger partial charge is 0.261 e. The van der Waals surface area contributed by atoms with E-state index in [4.69, 9.17) is 9.84 Å². The van der Waals surface area contributed by atoms with Crippen LogP contribution in [-0.4, -0.2) is 59.5 Å². The van der Waals surface area contributed by atoms with Crippen LogP contribution in [0.3, 0.4) is 0 Å². The second-order valence-electron chi connectivity index (χ2n) is 8.73. The van der Waals surface area contributed by atoms with Crippen molar-refractivity contribution in [2.24, 2.45) is 5.92 Å². The summed E-state index contributed by atoms with van der Waals surface area (Å²) in [5.74, 6) is 0.465. The van der Waals surface area contributed by atoms with Crippen LogP contribution in [-0.2, 0) is 11.3 Å². The van der Waals surface area contributed by atoms with E-state index in [1.165, 1.54) is 22.5 Å². The van der Waals surface area contributed by atoms with Crippen LogP contribution in [0.2, 0.25) is 0 Å². The van der Waals surface area contributed by atoms with Gasteiger partial charge in [0, 0.05) is 31.1 Å². The average Bonchev–Trinajstić information content (AvgIpc) is 3.32. The topological polar surface area (TPSA) is 59.4 Å². The third kappa shape index (κ3) is 5.00. The molecule has 166 valence electrons. The normalized spacial score (nSPS) is 16.2. The number of thiophene rings is 1. The van der Waals surface area contributed by atoms with Crippen molar-refractivity contribution in [3.8, 4) is 0 Å². The molecule has 1 aromatic carbocycles. The van der Waals surface area contributed by atoms with Crippen LogP contribution in [0.25, 0.3) is 10.2 Å². The van der Waals surface area contributed by atoms with Crippen LogP contribution in [0.15, 0.2) is 30.3 Å². The molecule has 4 rings (SSSR count). The molecule has 7 heteroatoms. The molecule has 0 radical (unpaired) electrons. The third-order valence-electron chi connectivity index (χ3n) is 6.04. The fourth-order valence-corrected chi connectivity index (χ4v) is 5.26. The summed E-state index contributed by atoms with van der Waals surface area (Å²) in [5, 5.41) is 8.95. The molecule has 1 fully saturated rings. The van der Waals surface area contributed by atoms with Gasteiger partial charge in [0.1, 0.15) is 4.83 Å². The standard InChI is InChI=1S/C24H32N4O2S/c1-16(2)21(27-9-11-30-12-10-27)14-25-23(29)22-13-20-18(4)26-28(24(20)31-22)15-19-7-5-17(3)6-8-19/h5-8,13,16,21H,9-12,14-15H2,1-4H3,(H,25,29). The molecule has 3 aromatic rings. The molecule has 0 bridgehead atoms. The number of morpholine rings is 1. The molecule has 1 unspecified atom stereocenters. The number of carbonyl (C=O) groups excluding carboxylic acids is 1. The molecule has 1 atom stereocenters. The summed E-state index contributed by atoms with van der Waals surface area (Å²) in [7, 11) is 0. The Kier molecular flexibility index (Phi) is 6.74. The number of carbonyl (C=O) groups is 1. The second kappa shape index (κ2) is 9.51. The fraction of sp³-hybridized carbons (Fsp3) is 0.500. The quantitative estimate of drug-likeness (QED) is 0.606. The van der Waals surface area contributed by atoms with E-state index >= 15 is 0 Å². The van der Waals surface area contributed by atoms with E-state index in [0.29, 0.717) is 25.0 Å². The molecule has 1 aliphatic rings. The lowest BCUT2D eigenvalue weighted by molar-refractivity contribution is 0.00674. The minimum atomic E-state index is 0.00129. The minimum absolute atomic E-state index is 0.00129. The number of aromatic nitrogens is 2. The molecular weight excluding hydrogens is 408 g/mol. The monoisotopic (exact) mass is 440 g/mol. The zero-order valence-corrected chi connectivity index (χ0v) is 19.7. The van der Waals surface area contributed by atoms with Crippen LogP contribution in [0.4, 0.5) is 0 Å². The molecule has 1 amide bonds. The number of nitrogens with one attached hydrogen (secondary N) is 1. The number of hydrogen-bond acceptors (Lipinski definition) is 5. The molecule has 2 aromatic heterocycles. The van der Waals surface area contributed by atoms with Gasteiger partial charge >= 0.3 is 0 Å². The first kappa shape index (κ1) is 22.0. The van der Waals surface area contributed by atoms with E-state index in [0.717, 1.165) is 47.1 Å². The number of fused-ring (bicyclic) bond motifs is 1. The number of ether oxygens (including phenoxy) is 1. The van der Waals surface area contributed by atoms with Crippen molar-refractivity contribution in [2.45, 2.75) is 40.3 Å². The van der Waals surface area contributed by atoms with E-state index in [1.54, 1.807) is 0 Å². The van der Waals surface area contributed by atoms with Gasteiger partial charge < -0.3 is 10.1 Å². The van der Waals surface area contributed by atoms with Crippen molar-refractivity contribution >= 4 is 27.5 Å². The zero-order chi connectivity index (χ0) is 22.0. The lowest BCUT2D eigenvalue weighted by atomic mass is 10.0. The zero-order valence-electron chi connectivity index (χ0n) is 18.9. The van der Waals surface area contributed by atoms with E-state index in [1.807, 2.05) is 17.7 Å². The summed E-state index contributed by atoms with van der Waals surface area (Å²) in [6.45, 7) is 13.3. The first-order valence-electron chi connectivity index (χ1n) is 11.0. The molecule has 0 saturated carbocycles. The number of aryl methyl sites for hydroxylation is 2. The molecule has 6 nitrogen and oxygen atoms in total. The van der Waals surface area contributed by atoms with E-state index in [2.05, 4.69) is 55.3 Å². The SMILES string of the molecule is Cc1ccc(Cn2nc(C)c3cc(C(=O)NCC(C(C)C)N4CCOCC4)sc32)cc1. The van der Waals surface area contributed by atoms with Crippen LogP contribution in [0.5, 0.6) is 0 Å². The third-order valence-corrected chi connectivity index (χ3v) is 7.19. The number of rotatable bonds is 7. The summed E-state index contributed by atoms with van der Waals surface area (Å²) in [6.07, 6.45) is 0. The summed E-state index contributed by atoms with van der Waals surface area (Å²) < 4.78 is 7.50. The lowest BCUT2D eigenvalue weighted by Gasteiger charge is -2.36. The summed E-state index contributed by atoms with van der Waals surface area (Å²) in [4.78, 5) is 17.2. The average molecular weight is 441 g/mol. The van der Waals surface area contributed by atoms with Crippen molar-refractivity contribution < 1.29 is 9.53 Å². The summed E-state index contributed by atoms with van der Waals surface area (Å²) >= 11 is 1.53. The fourth-order valence-electron chi connectivity index (χ4n) is 4.18. The van der Waals surface area contributed by atoms with Gasteiger partial charge in [0.05, 0.1) is 30.3 Å². The second-order valence-corrected chi connectivity index (χ2v) is 9.76. The van der Waals surface area contributed by atoms with Gasteiger partial charge in [-0.3, -0.25) is 14.4 Å². The molecular formula is C24H32N4O2S. The van der Waals surface area contributed by atoms with Crippen LogP contribution in [0.1, 0.15) is 40.3 Å². The Hall–Kier alpha value is -2.22. The van der Waals surface area contributed by atoms with E-state index in [9.17, 15) is 4.79 Å². The first-order valence-corrected chi connectivity index (χ1v) is 11.9. The Morgan fingerprint density at radius 3 is 2.58 bits per heavy atom. The van der Waals surface area contributed by atoms with E-state index in [-0.39, 0.29) is 5.91 Å². The van der Waals surface area contributed by atoms with Crippen molar-refractivity contribution in [2.75, 3.05) is 32.8 Å². The maximum absolute atomic E-state index is 13.0. The molecule has 0 aliphatic carbocycles. The van der Waals surface area contributed by atoms with Gasteiger partial charge in [0.2, 0.25) is 0 Å². The Morgan fingerprint density at radius 1 is 1.19 bits per heavy atom. The highest BCUT2D eigenvalue weighted by Crippen LogP contribution is 2.29. The predicted molar refractivity (Wildman–Crippen MR) is 126 cm³/mol. The Labute approximate surface area is 188 Å². The molecule has 0 spiro atoms. The minimum Gasteiger partial charge on any atom is -0.379 e. The van der Waals surface area contributed by atoms with Gasteiger partial charge in [-0.05, 0) is 31.4 Å². The van der Waals surface area contributed by atoms with Gasteiger partial charge in [-0.2, -0.15) is 5.10 Å².